The molecule has 0 atom stereocenters. The van der Waals surface area contributed by atoms with Crippen LogP contribution in [-0.4, -0.2) is 5.91 Å². The molecule has 0 rings (SSSR count). The monoisotopic (exact) mass is 7260 g/mol. The Morgan fingerprint density at radius 1 is 0.267 bits per heavy atom. The SMILES string of the molecule is CCCC([NH-])=O.[W].[W].[W].[W].[W].[W].[W].[W].[W].[W].[W].[W].[W].[W].[W].[W].[W].[W].[W].[W].[W].[W].[W].[W].[W].[W].[W].[W].[W].[W].[W].[W].[W].[W].[W].[W].[W].[W].[W]. The molecule has 0 aromatic rings. The standard InChI is InChI=1S/C4H9NO.39W/c1-2-3-4(5)6;;;;;;;;;;;;;;;;;;;;;;;;;;;;;;;;;;;;;;;/h2-3H2,1H3,(H2,5,6);;;;;;;;;;;;;;;;;;;;;;;;;;;;;;;;;;;;;;;/p-1. The van der Waals surface area contributed by atoms with Crippen molar-refractivity contribution in [3.63, 3.8) is 0 Å². The molecule has 2 nitrogen and oxygen atoms in total. The summed E-state index contributed by atoms with van der Waals surface area (Å²) in [7, 11) is 0. The average Bonchev–Trinajstić information content (AvgIpc) is 1.35. The van der Waals surface area contributed by atoms with Gasteiger partial charge in [0.2, 0.25) is 0 Å². The summed E-state index contributed by atoms with van der Waals surface area (Å²) in [5.74, 6) is -0.461. The van der Waals surface area contributed by atoms with Gasteiger partial charge < -0.3 is 10.5 Å². The van der Waals surface area contributed by atoms with Gasteiger partial charge in [0.25, 0.3) is 0 Å². The van der Waals surface area contributed by atoms with Crippen LogP contribution in [0.4, 0.5) is 0 Å². The summed E-state index contributed by atoms with van der Waals surface area (Å²) in [6.45, 7) is 1.88. The Bertz CT molecular complexity index is 77.0. The second-order valence-electron chi connectivity index (χ2n) is 1.17. The molecule has 0 saturated heterocycles. The normalized spacial score (nSPS) is 1.09. The van der Waals surface area contributed by atoms with E-state index in [1.165, 1.54) is 0 Å². The van der Waals surface area contributed by atoms with Crippen LogP contribution in [0.3, 0.4) is 0 Å². The third kappa shape index (κ3) is 382. The van der Waals surface area contributed by atoms with Gasteiger partial charge in [-0.1, -0.05) is 13.3 Å². The molecule has 0 aliphatic carbocycles. The number of carbonyl (C=O) groups is 1. The molecule has 1 N–H and O–H groups in total. The van der Waals surface area contributed by atoms with E-state index in [2.05, 4.69) is 0 Å². The maximum Gasteiger partial charge on any atom is 0.0487 e. The van der Waals surface area contributed by atoms with Gasteiger partial charge in [-0.25, -0.2) is 0 Å². The summed E-state index contributed by atoms with van der Waals surface area (Å²) in [5.41, 5.74) is 6.34. The van der Waals surface area contributed by atoms with Crippen molar-refractivity contribution < 1.29 is 826 Å². The molecule has 0 aliphatic rings. The van der Waals surface area contributed by atoms with Crippen LogP contribution in [0.1, 0.15) is 19.8 Å². The Labute approximate surface area is 832 Å². The molecular formula is C4H8NOW39-. The molecule has 0 bridgehead atoms. The number of rotatable bonds is 2. The van der Waals surface area contributed by atoms with Crippen LogP contribution < -0.4 is 0 Å². The molecule has 0 aromatic heterocycles. The summed E-state index contributed by atoms with van der Waals surface area (Å²) in [4.78, 5) is 9.71. The molecule has 0 saturated carbocycles. The minimum absolute atomic E-state index is 0. The molecule has 0 spiro atoms. The van der Waals surface area contributed by atoms with E-state index < -0.39 is 5.91 Å². The van der Waals surface area contributed by atoms with Crippen LogP contribution in [0, 0.1) is 0 Å². The summed E-state index contributed by atoms with van der Waals surface area (Å²) in [5, 5.41) is 0. The van der Waals surface area contributed by atoms with Crippen LogP contribution in [0.15, 0.2) is 0 Å². The van der Waals surface area contributed by atoms with Gasteiger partial charge in [-0.05, 0) is 6.42 Å². The number of hydrogen-bond acceptors (Lipinski definition) is 1. The zero-order chi connectivity index (χ0) is 4.99. The van der Waals surface area contributed by atoms with Gasteiger partial charge in [0.1, 0.15) is 0 Å². The summed E-state index contributed by atoms with van der Waals surface area (Å²) >= 11 is 0. The fourth-order valence-corrected chi connectivity index (χ4v) is 0.227. The number of amides is 1. The number of hydrogen-bond donors (Lipinski definition) is 0. The molecule has 0 radical (unpaired) electrons. The van der Waals surface area contributed by atoms with Gasteiger partial charge in [0, 0.05) is 827 Å². The van der Waals surface area contributed by atoms with Crippen molar-refractivity contribution >= 4 is 5.91 Å². The maximum atomic E-state index is 9.71. The van der Waals surface area contributed by atoms with Gasteiger partial charge >= 0.3 is 0 Å². The Balaban J connectivity index is -0.000000000169. The predicted octanol–water partition coefficient (Wildman–Crippen LogP) is 1.27. The van der Waals surface area contributed by atoms with Crippen LogP contribution in [0.5, 0.6) is 0 Å². The molecule has 0 fully saturated rings. The van der Waals surface area contributed by atoms with Crippen LogP contribution in [0.2, 0.25) is 0 Å². The topological polar surface area (TPSA) is 40.9 Å². The van der Waals surface area contributed by atoms with E-state index in [1.54, 1.807) is 0 Å². The quantitative estimate of drug-likeness (QED) is 0.412. The minimum Gasteiger partial charge on any atom is -0.668 e. The molecule has 270 valence electrons. The van der Waals surface area contributed by atoms with Crippen molar-refractivity contribution in [3.8, 4) is 0 Å². The first-order valence-corrected chi connectivity index (χ1v) is 2.01. The predicted molar refractivity (Wildman–Crippen MR) is 24.2 cm³/mol. The zero-order valence-corrected chi connectivity index (χ0v) is 134. The third-order valence-corrected chi connectivity index (χ3v) is 0.477. The van der Waals surface area contributed by atoms with E-state index in [-0.39, 0.29) is 822 Å². The molecule has 45 heavy (non-hydrogen) atoms. The maximum absolute atomic E-state index is 9.71. The summed E-state index contributed by atoms with van der Waals surface area (Å²) < 4.78 is 0. The number of nitrogens with one attached hydrogen (secondary N) is 1. The Hall–Kier alpha value is 26.3. The largest absolute Gasteiger partial charge is 0.668 e. The van der Waals surface area contributed by atoms with Crippen LogP contribution in [0.25, 0.3) is 5.73 Å². The van der Waals surface area contributed by atoms with Crippen molar-refractivity contribution in [2.45, 2.75) is 19.8 Å². The Morgan fingerprint density at radius 3 is 0.333 bits per heavy atom. The molecule has 0 heterocycles. The van der Waals surface area contributed by atoms with Crippen LogP contribution in [-0.2, 0) is 826 Å². The van der Waals surface area contributed by atoms with Crippen molar-refractivity contribution in [2.24, 2.45) is 0 Å². The zero-order valence-electron chi connectivity index (χ0n) is 19.7. The second-order valence-corrected chi connectivity index (χ2v) is 1.17. The first-order chi connectivity index (χ1) is 2.77. The van der Waals surface area contributed by atoms with Gasteiger partial charge in [-0.3, -0.25) is 0 Å². The fraction of sp³-hybridized carbons (Fsp3) is 0.750. The van der Waals surface area contributed by atoms with Crippen LogP contribution >= 0.6 is 0 Å². The molecule has 0 aliphatic heterocycles. The first kappa shape index (κ1) is 360. The van der Waals surface area contributed by atoms with Gasteiger partial charge in [0.15, 0.2) is 0 Å². The summed E-state index contributed by atoms with van der Waals surface area (Å²) in [6, 6.07) is 0. The van der Waals surface area contributed by atoms with Crippen molar-refractivity contribution in [3.05, 3.63) is 5.73 Å². The smallest absolute Gasteiger partial charge is 0.0487 e. The van der Waals surface area contributed by atoms with Gasteiger partial charge in [-0.15, -0.1) is 0 Å². The fourth-order valence-electron chi connectivity index (χ4n) is 0.227. The molecule has 0 aromatic carbocycles. The van der Waals surface area contributed by atoms with E-state index >= 15 is 0 Å². The molecular weight excluding hydrogens is 7250 g/mol. The third-order valence-electron chi connectivity index (χ3n) is 0.477. The van der Waals surface area contributed by atoms with Gasteiger partial charge in [-0.2, -0.15) is 0 Å². The Morgan fingerprint density at radius 2 is 0.333 bits per heavy atom. The molecule has 41 heteroatoms. The molecule has 0 unspecified atom stereocenters. The average molecular weight is 7260 g/mol. The van der Waals surface area contributed by atoms with E-state index in [1.807, 2.05) is 6.92 Å². The van der Waals surface area contributed by atoms with E-state index in [4.69, 9.17) is 5.73 Å². The van der Waals surface area contributed by atoms with Crippen molar-refractivity contribution in [1.82, 2.24) is 0 Å². The minimum atomic E-state index is -0.461. The van der Waals surface area contributed by atoms with Gasteiger partial charge in [0.05, 0.1) is 0 Å². The van der Waals surface area contributed by atoms with E-state index in [0.29, 0.717) is 6.42 Å². The van der Waals surface area contributed by atoms with E-state index in [0.717, 1.165) is 6.42 Å². The van der Waals surface area contributed by atoms with Crippen molar-refractivity contribution in [1.29, 1.82) is 0 Å². The number of carbonyl (C=O) groups excluding carboxylic acids is 1. The van der Waals surface area contributed by atoms with Crippen molar-refractivity contribution in [2.75, 3.05) is 0 Å². The summed E-state index contributed by atoms with van der Waals surface area (Å²) in [6.07, 6.45) is 1.20. The van der Waals surface area contributed by atoms with E-state index in [9.17, 15) is 4.79 Å². The first-order valence-electron chi connectivity index (χ1n) is 2.01. The Kier molecular flexibility index (Phi) is 2750. The second kappa shape index (κ2) is 345. The molecule has 1 amide bonds.